The number of amides is 1. The fourth-order valence-electron chi connectivity index (χ4n) is 1.55. The van der Waals surface area contributed by atoms with Gasteiger partial charge in [0.1, 0.15) is 0 Å². The van der Waals surface area contributed by atoms with Gasteiger partial charge in [-0.2, -0.15) is 0 Å². The van der Waals surface area contributed by atoms with E-state index in [2.05, 4.69) is 24.1 Å². The molecule has 1 heterocycles. The van der Waals surface area contributed by atoms with Gasteiger partial charge in [-0.3, -0.25) is 4.79 Å². The highest BCUT2D eigenvalue weighted by Crippen LogP contribution is 2.14. The Hall–Kier alpha value is -0.540. The molecule has 0 saturated carbocycles. The van der Waals surface area contributed by atoms with Crippen LogP contribution in [0, 0.1) is 5.92 Å². The third kappa shape index (κ3) is 3.68. The van der Waals surface area contributed by atoms with Crippen molar-refractivity contribution in [1.82, 2.24) is 10.6 Å². The molecular formula is C10H17ClN2O. The van der Waals surface area contributed by atoms with Crippen LogP contribution >= 0.6 is 11.6 Å². The highest BCUT2D eigenvalue weighted by atomic mass is 35.5. The lowest BCUT2D eigenvalue weighted by atomic mass is 9.95. The van der Waals surface area contributed by atoms with Crippen LogP contribution in [0.2, 0.25) is 0 Å². The van der Waals surface area contributed by atoms with Crippen LogP contribution in [-0.2, 0) is 4.79 Å². The van der Waals surface area contributed by atoms with E-state index in [1.54, 1.807) is 0 Å². The van der Waals surface area contributed by atoms with Gasteiger partial charge < -0.3 is 10.6 Å². The van der Waals surface area contributed by atoms with Crippen molar-refractivity contribution in [3.8, 4) is 0 Å². The molecule has 14 heavy (non-hydrogen) atoms. The third-order valence-corrected chi connectivity index (χ3v) is 2.62. The van der Waals surface area contributed by atoms with E-state index in [0.29, 0.717) is 17.6 Å². The molecule has 80 valence electrons. The predicted molar refractivity (Wildman–Crippen MR) is 58.2 cm³/mol. The fourth-order valence-corrected chi connectivity index (χ4v) is 1.62. The molecule has 2 N–H and O–H groups in total. The first-order valence-corrected chi connectivity index (χ1v) is 5.31. The molecule has 0 bridgehead atoms. The maximum Gasteiger partial charge on any atom is 0.224 e. The van der Waals surface area contributed by atoms with Crippen LogP contribution in [0.1, 0.15) is 19.8 Å². The van der Waals surface area contributed by atoms with Gasteiger partial charge in [-0.1, -0.05) is 18.2 Å². The summed E-state index contributed by atoms with van der Waals surface area (Å²) < 4.78 is 0. The Morgan fingerprint density at radius 3 is 2.86 bits per heavy atom. The molecule has 2 atom stereocenters. The molecule has 1 aliphatic rings. The Kier molecular flexibility index (Phi) is 4.42. The van der Waals surface area contributed by atoms with Crippen molar-refractivity contribution in [2.45, 2.75) is 25.8 Å². The van der Waals surface area contributed by atoms with Gasteiger partial charge in [-0.25, -0.2) is 0 Å². The Morgan fingerprint density at radius 1 is 1.64 bits per heavy atom. The van der Waals surface area contributed by atoms with Gasteiger partial charge in [0.25, 0.3) is 0 Å². The van der Waals surface area contributed by atoms with E-state index in [0.717, 1.165) is 19.4 Å². The van der Waals surface area contributed by atoms with E-state index in [4.69, 9.17) is 11.6 Å². The van der Waals surface area contributed by atoms with E-state index in [9.17, 15) is 4.79 Å². The summed E-state index contributed by atoms with van der Waals surface area (Å²) in [4.78, 5) is 11.6. The average molecular weight is 217 g/mol. The van der Waals surface area contributed by atoms with Crippen LogP contribution in [0.4, 0.5) is 0 Å². The third-order valence-electron chi connectivity index (χ3n) is 2.49. The van der Waals surface area contributed by atoms with Crippen molar-refractivity contribution in [2.75, 3.05) is 13.1 Å². The van der Waals surface area contributed by atoms with Crippen LogP contribution in [-0.4, -0.2) is 25.0 Å². The van der Waals surface area contributed by atoms with Crippen molar-refractivity contribution in [2.24, 2.45) is 5.92 Å². The minimum Gasteiger partial charge on any atom is -0.351 e. The molecule has 0 aromatic heterocycles. The number of hydrogen-bond donors (Lipinski definition) is 2. The molecule has 0 radical (unpaired) electrons. The zero-order chi connectivity index (χ0) is 10.6. The number of carbonyl (C=O) groups is 1. The van der Waals surface area contributed by atoms with Crippen LogP contribution in [0.25, 0.3) is 0 Å². The minimum atomic E-state index is 0.0752. The number of nitrogens with one attached hydrogen (secondary N) is 2. The fraction of sp³-hybridized carbons (Fsp3) is 0.700. The van der Waals surface area contributed by atoms with Crippen LogP contribution < -0.4 is 10.6 Å². The van der Waals surface area contributed by atoms with Crippen LogP contribution in [0.15, 0.2) is 11.6 Å². The topological polar surface area (TPSA) is 41.1 Å². The van der Waals surface area contributed by atoms with Crippen molar-refractivity contribution in [3.63, 3.8) is 0 Å². The second-order valence-electron chi connectivity index (χ2n) is 3.82. The number of halogens is 1. The normalized spacial score (nSPS) is 27.0. The molecular weight excluding hydrogens is 200 g/mol. The molecule has 0 spiro atoms. The molecule has 0 aromatic carbocycles. The summed E-state index contributed by atoms with van der Waals surface area (Å²) in [5, 5.41) is 6.51. The number of hydrogen-bond acceptors (Lipinski definition) is 2. The van der Waals surface area contributed by atoms with Gasteiger partial charge >= 0.3 is 0 Å². The van der Waals surface area contributed by atoms with E-state index < -0.39 is 0 Å². The molecule has 1 saturated heterocycles. The Bertz CT molecular complexity index is 222. The second-order valence-corrected chi connectivity index (χ2v) is 4.35. The molecule has 0 aliphatic carbocycles. The number of piperidine rings is 1. The summed E-state index contributed by atoms with van der Waals surface area (Å²) in [6, 6.07) is 0.530. The molecule has 1 amide bonds. The number of carbonyl (C=O) groups excluding carboxylic acids is 1. The zero-order valence-electron chi connectivity index (χ0n) is 8.48. The highest BCUT2D eigenvalue weighted by molar-refractivity contribution is 6.29. The molecule has 0 aromatic rings. The summed E-state index contributed by atoms with van der Waals surface area (Å²) in [6.07, 6.45) is 2.01. The highest BCUT2D eigenvalue weighted by Gasteiger charge is 2.23. The van der Waals surface area contributed by atoms with Crippen LogP contribution in [0.3, 0.4) is 0 Å². The summed E-state index contributed by atoms with van der Waals surface area (Å²) in [7, 11) is 0. The number of rotatable bonds is 3. The first-order valence-electron chi connectivity index (χ1n) is 4.94. The first kappa shape index (κ1) is 11.5. The van der Waals surface area contributed by atoms with Gasteiger partial charge in [0.2, 0.25) is 5.91 Å². The van der Waals surface area contributed by atoms with E-state index in [1.165, 1.54) is 0 Å². The summed E-state index contributed by atoms with van der Waals surface area (Å²) in [5.41, 5.74) is 0. The van der Waals surface area contributed by atoms with Gasteiger partial charge in [0, 0.05) is 17.6 Å². The van der Waals surface area contributed by atoms with E-state index in [1.807, 2.05) is 0 Å². The van der Waals surface area contributed by atoms with Crippen molar-refractivity contribution < 1.29 is 4.79 Å². The maximum atomic E-state index is 11.6. The lowest BCUT2D eigenvalue weighted by Crippen LogP contribution is -2.44. The lowest BCUT2D eigenvalue weighted by Gasteiger charge is -2.26. The van der Waals surface area contributed by atoms with Gasteiger partial charge in [-0.15, -0.1) is 0 Å². The Balaban J connectivity index is 2.27. The van der Waals surface area contributed by atoms with Crippen molar-refractivity contribution in [1.29, 1.82) is 0 Å². The lowest BCUT2D eigenvalue weighted by molar-refractivity contribution is -0.125. The Morgan fingerprint density at radius 2 is 2.36 bits per heavy atom. The van der Waals surface area contributed by atoms with E-state index >= 15 is 0 Å². The summed E-state index contributed by atoms with van der Waals surface area (Å²) in [5.74, 6) is 0.161. The standard InChI is InChI=1S/C10H17ClN2O/c1-7(11)5-13-10(14)9-4-3-8(2)12-6-9/h8-9,12H,1,3-6H2,2H3,(H,13,14). The molecule has 2 unspecified atom stereocenters. The molecule has 1 fully saturated rings. The van der Waals surface area contributed by atoms with Crippen molar-refractivity contribution in [3.05, 3.63) is 11.6 Å². The first-order chi connectivity index (χ1) is 6.59. The van der Waals surface area contributed by atoms with Gasteiger partial charge in [0.05, 0.1) is 12.5 Å². The molecule has 1 rings (SSSR count). The summed E-state index contributed by atoms with van der Waals surface area (Å²) >= 11 is 5.56. The van der Waals surface area contributed by atoms with Crippen molar-refractivity contribution >= 4 is 17.5 Å². The Labute approximate surface area is 89.9 Å². The molecule has 4 heteroatoms. The minimum absolute atomic E-state index is 0.0752. The van der Waals surface area contributed by atoms with Gasteiger partial charge in [0.15, 0.2) is 0 Å². The monoisotopic (exact) mass is 216 g/mol. The predicted octanol–water partition coefficient (Wildman–Crippen LogP) is 1.24. The second kappa shape index (κ2) is 5.37. The van der Waals surface area contributed by atoms with Crippen LogP contribution in [0.5, 0.6) is 0 Å². The SMILES string of the molecule is C=C(Cl)CNC(=O)C1CCC(C)NC1. The summed E-state index contributed by atoms with van der Waals surface area (Å²) in [6.45, 7) is 6.79. The smallest absolute Gasteiger partial charge is 0.224 e. The zero-order valence-corrected chi connectivity index (χ0v) is 9.23. The quantitative estimate of drug-likeness (QED) is 0.746. The largest absolute Gasteiger partial charge is 0.351 e. The molecule has 3 nitrogen and oxygen atoms in total. The van der Waals surface area contributed by atoms with E-state index in [-0.39, 0.29) is 11.8 Å². The van der Waals surface area contributed by atoms with Gasteiger partial charge in [-0.05, 0) is 19.8 Å². The average Bonchev–Trinajstić information content (AvgIpc) is 2.15. The maximum absolute atomic E-state index is 11.6. The molecule has 1 aliphatic heterocycles.